The van der Waals surface area contributed by atoms with Gasteiger partial charge in [-0.2, -0.15) is 0 Å². The smallest absolute Gasteiger partial charge is 0.165 e. The van der Waals surface area contributed by atoms with E-state index in [1.165, 1.54) is 23.4 Å². The zero-order valence-corrected chi connectivity index (χ0v) is 18.0. The van der Waals surface area contributed by atoms with Gasteiger partial charge < -0.3 is 15.0 Å². The molecular weight excluding hydrogens is 391 g/mol. The van der Waals surface area contributed by atoms with Crippen LogP contribution in [0.4, 0.5) is 4.39 Å². The third-order valence-corrected chi connectivity index (χ3v) is 6.23. The molecule has 0 aliphatic carbocycles. The van der Waals surface area contributed by atoms with Crippen LogP contribution in [0.15, 0.2) is 42.5 Å². The van der Waals surface area contributed by atoms with Gasteiger partial charge in [0.2, 0.25) is 0 Å². The number of nitrogens with zero attached hydrogens (tertiary/aromatic N) is 2. The van der Waals surface area contributed by atoms with Gasteiger partial charge in [-0.05, 0) is 42.8 Å². The summed E-state index contributed by atoms with van der Waals surface area (Å²) in [6.07, 6.45) is 1.55. The topological polar surface area (TPSA) is 53.2 Å². The van der Waals surface area contributed by atoms with Crippen molar-refractivity contribution in [1.82, 2.24) is 20.2 Å². The highest BCUT2D eigenvalue weighted by Crippen LogP contribution is 2.35. The highest BCUT2D eigenvalue weighted by atomic mass is 19.1. The average molecular weight is 419 g/mol. The summed E-state index contributed by atoms with van der Waals surface area (Å²) in [6.45, 7) is 3.84. The fourth-order valence-electron chi connectivity index (χ4n) is 4.67. The van der Waals surface area contributed by atoms with Crippen LogP contribution in [0.25, 0.3) is 21.8 Å². The standard InChI is InChI=1S/C25H27FN4O/c1-27-10-12-30-11-9-18-22(15-30)28-21(14-16-7-8-23(31-2)19(26)13-16)25-24(18)17-5-3-4-6-20(17)29-25/h3-8,13,27,29H,9-12,14-15H2,1-2H3. The first-order valence-electron chi connectivity index (χ1n) is 10.8. The molecule has 5 nitrogen and oxygen atoms in total. The van der Waals surface area contributed by atoms with Gasteiger partial charge in [0.15, 0.2) is 11.6 Å². The van der Waals surface area contributed by atoms with Crippen LogP contribution in [0.2, 0.25) is 0 Å². The number of nitrogens with one attached hydrogen (secondary N) is 2. The van der Waals surface area contributed by atoms with E-state index in [2.05, 4.69) is 39.5 Å². The normalized spacial score (nSPS) is 14.3. The van der Waals surface area contributed by atoms with Gasteiger partial charge in [0, 0.05) is 48.9 Å². The second-order valence-electron chi connectivity index (χ2n) is 8.18. The van der Waals surface area contributed by atoms with E-state index in [0.717, 1.165) is 60.6 Å². The Kier molecular flexibility index (Phi) is 5.34. The predicted octanol–water partition coefficient (Wildman–Crippen LogP) is 4.03. The quantitative estimate of drug-likeness (QED) is 0.496. The van der Waals surface area contributed by atoms with Crippen LogP contribution in [0.5, 0.6) is 5.75 Å². The molecule has 31 heavy (non-hydrogen) atoms. The second-order valence-corrected chi connectivity index (χ2v) is 8.18. The summed E-state index contributed by atoms with van der Waals surface area (Å²) in [5.74, 6) is -0.0813. The van der Waals surface area contributed by atoms with Crippen molar-refractivity contribution in [3.63, 3.8) is 0 Å². The van der Waals surface area contributed by atoms with Gasteiger partial charge in [-0.1, -0.05) is 24.3 Å². The van der Waals surface area contributed by atoms with E-state index in [9.17, 15) is 4.39 Å². The zero-order chi connectivity index (χ0) is 21.4. The lowest BCUT2D eigenvalue weighted by Crippen LogP contribution is -2.36. The minimum atomic E-state index is -0.343. The molecule has 0 amide bonds. The number of hydrogen-bond donors (Lipinski definition) is 2. The number of hydrogen-bond acceptors (Lipinski definition) is 4. The number of benzene rings is 2. The van der Waals surface area contributed by atoms with Crippen LogP contribution in [0, 0.1) is 5.82 Å². The number of pyridine rings is 1. The Bertz CT molecular complexity index is 1250. The Hall–Kier alpha value is -2.96. The lowest BCUT2D eigenvalue weighted by molar-refractivity contribution is 0.252. The van der Waals surface area contributed by atoms with Gasteiger partial charge in [-0.3, -0.25) is 9.88 Å². The maximum absolute atomic E-state index is 14.3. The molecule has 0 radical (unpaired) electrons. The van der Waals surface area contributed by atoms with Gasteiger partial charge in [-0.25, -0.2) is 4.39 Å². The molecule has 6 heteroatoms. The summed E-state index contributed by atoms with van der Waals surface area (Å²) in [4.78, 5) is 11.2. The Morgan fingerprint density at radius 1 is 1.23 bits per heavy atom. The van der Waals surface area contributed by atoms with Gasteiger partial charge in [0.1, 0.15) is 0 Å². The largest absolute Gasteiger partial charge is 0.494 e. The Morgan fingerprint density at radius 2 is 2.10 bits per heavy atom. The number of para-hydroxylation sites is 1. The summed E-state index contributed by atoms with van der Waals surface area (Å²) in [6, 6.07) is 13.6. The molecule has 0 saturated carbocycles. The summed E-state index contributed by atoms with van der Waals surface area (Å²) in [5.41, 5.74) is 6.52. The van der Waals surface area contributed by atoms with Crippen molar-refractivity contribution in [2.75, 3.05) is 33.8 Å². The van der Waals surface area contributed by atoms with Crippen molar-refractivity contribution in [3.05, 3.63) is 70.8 Å². The maximum atomic E-state index is 14.3. The number of halogens is 1. The van der Waals surface area contributed by atoms with Crippen molar-refractivity contribution in [3.8, 4) is 5.75 Å². The van der Waals surface area contributed by atoms with Gasteiger partial charge in [-0.15, -0.1) is 0 Å². The van der Waals surface area contributed by atoms with E-state index >= 15 is 0 Å². The van der Waals surface area contributed by atoms with E-state index < -0.39 is 0 Å². The van der Waals surface area contributed by atoms with Crippen molar-refractivity contribution in [1.29, 1.82) is 0 Å². The summed E-state index contributed by atoms with van der Waals surface area (Å²) >= 11 is 0. The van der Waals surface area contributed by atoms with Gasteiger partial charge in [0.25, 0.3) is 0 Å². The van der Waals surface area contributed by atoms with E-state index in [1.54, 1.807) is 12.1 Å². The fraction of sp³-hybridized carbons (Fsp3) is 0.320. The highest BCUT2D eigenvalue weighted by molar-refractivity contribution is 6.10. The molecule has 0 bridgehead atoms. The predicted molar refractivity (Wildman–Crippen MR) is 122 cm³/mol. The molecule has 0 spiro atoms. The number of rotatable bonds is 6. The van der Waals surface area contributed by atoms with Crippen LogP contribution in [-0.4, -0.2) is 48.7 Å². The summed E-state index contributed by atoms with van der Waals surface area (Å²) in [5, 5.41) is 5.75. The van der Waals surface area contributed by atoms with Crippen molar-refractivity contribution < 1.29 is 9.13 Å². The van der Waals surface area contributed by atoms with Crippen molar-refractivity contribution in [2.45, 2.75) is 19.4 Å². The number of H-pyrrole nitrogens is 1. The van der Waals surface area contributed by atoms with E-state index in [-0.39, 0.29) is 11.6 Å². The molecule has 0 atom stereocenters. The maximum Gasteiger partial charge on any atom is 0.165 e. The third-order valence-electron chi connectivity index (χ3n) is 6.23. The summed E-state index contributed by atoms with van der Waals surface area (Å²) < 4.78 is 19.4. The van der Waals surface area contributed by atoms with Crippen LogP contribution < -0.4 is 10.1 Å². The number of fused-ring (bicyclic) bond motifs is 5. The molecule has 1 aliphatic heterocycles. The minimum Gasteiger partial charge on any atom is -0.494 e. The number of methoxy groups -OCH3 is 1. The highest BCUT2D eigenvalue weighted by Gasteiger charge is 2.24. The first-order valence-corrected chi connectivity index (χ1v) is 10.8. The van der Waals surface area contributed by atoms with E-state index in [1.807, 2.05) is 13.1 Å². The van der Waals surface area contributed by atoms with Crippen molar-refractivity contribution >= 4 is 21.8 Å². The molecule has 2 aromatic heterocycles. The number of ether oxygens (including phenoxy) is 1. The molecule has 0 fully saturated rings. The molecule has 0 unspecified atom stereocenters. The molecule has 3 heterocycles. The second kappa shape index (κ2) is 8.29. The van der Waals surface area contributed by atoms with Crippen molar-refractivity contribution in [2.24, 2.45) is 0 Å². The molecule has 160 valence electrons. The zero-order valence-electron chi connectivity index (χ0n) is 18.0. The van der Waals surface area contributed by atoms with Crippen LogP contribution in [0.3, 0.4) is 0 Å². The minimum absolute atomic E-state index is 0.262. The SMILES string of the molecule is CNCCN1CCc2c(nc(Cc3ccc(OC)c(F)c3)c3[nH]c4ccccc4c23)C1. The Labute approximate surface area is 181 Å². The molecule has 2 aromatic carbocycles. The molecule has 0 saturated heterocycles. The Balaban J connectivity index is 1.63. The van der Waals surface area contributed by atoms with Crippen LogP contribution >= 0.6 is 0 Å². The molecule has 4 aromatic rings. The van der Waals surface area contributed by atoms with Crippen LogP contribution in [-0.2, 0) is 19.4 Å². The molecule has 2 N–H and O–H groups in total. The van der Waals surface area contributed by atoms with Gasteiger partial charge >= 0.3 is 0 Å². The lowest BCUT2D eigenvalue weighted by Gasteiger charge is -2.29. The molecular formula is C25H27FN4O. The number of aromatic nitrogens is 2. The Morgan fingerprint density at radius 3 is 2.90 bits per heavy atom. The number of aromatic amines is 1. The first-order chi connectivity index (χ1) is 15.2. The monoisotopic (exact) mass is 418 g/mol. The molecule has 5 rings (SSSR count). The van der Waals surface area contributed by atoms with Crippen LogP contribution in [0.1, 0.15) is 22.5 Å². The number of likely N-dealkylation sites (N-methyl/N-ethyl adjacent to an activating group) is 1. The third kappa shape index (κ3) is 3.66. The molecule has 1 aliphatic rings. The fourth-order valence-corrected chi connectivity index (χ4v) is 4.67. The average Bonchev–Trinajstić information content (AvgIpc) is 3.18. The summed E-state index contributed by atoms with van der Waals surface area (Å²) in [7, 11) is 3.47. The van der Waals surface area contributed by atoms with E-state index in [4.69, 9.17) is 9.72 Å². The lowest BCUT2D eigenvalue weighted by atomic mass is 9.96. The first kappa shape index (κ1) is 20.0. The van der Waals surface area contributed by atoms with E-state index in [0.29, 0.717) is 6.42 Å². The van der Waals surface area contributed by atoms with Gasteiger partial charge in [0.05, 0.1) is 24.0 Å².